The topological polar surface area (TPSA) is 49.6 Å². The molecule has 1 aromatic rings. The smallest absolute Gasteiger partial charge is 0.239 e. The molecule has 0 bridgehead atoms. The lowest BCUT2D eigenvalue weighted by Gasteiger charge is -2.27. The first kappa shape index (κ1) is 14.5. The van der Waals surface area contributed by atoms with Gasteiger partial charge >= 0.3 is 0 Å². The number of benzene rings is 1. The van der Waals surface area contributed by atoms with Gasteiger partial charge in [-0.3, -0.25) is 9.69 Å². The van der Waals surface area contributed by atoms with E-state index in [0.29, 0.717) is 0 Å². The van der Waals surface area contributed by atoms with Crippen LogP contribution in [0.25, 0.3) is 0 Å². The highest BCUT2D eigenvalue weighted by Crippen LogP contribution is 2.22. The zero-order chi connectivity index (χ0) is 13.7. The van der Waals surface area contributed by atoms with Crippen molar-refractivity contribution in [1.29, 1.82) is 0 Å². The van der Waals surface area contributed by atoms with Crippen LogP contribution in [0.5, 0.6) is 0 Å². The van der Waals surface area contributed by atoms with Gasteiger partial charge in [-0.05, 0) is 30.8 Å². The normalized spacial score (nSPS) is 12.5. The van der Waals surface area contributed by atoms with Gasteiger partial charge in [0, 0.05) is 19.8 Å². The summed E-state index contributed by atoms with van der Waals surface area (Å²) in [4.78, 5) is 15.7. The molecule has 1 rings (SSSR count). The summed E-state index contributed by atoms with van der Waals surface area (Å²) in [6, 6.07) is 7.63. The maximum absolute atomic E-state index is 11.6. The number of rotatable bonds is 6. The number of likely N-dealkylation sites (N-methyl/N-ethyl adjacent to an activating group) is 1. The highest BCUT2D eigenvalue weighted by atomic mass is 16.1. The van der Waals surface area contributed by atoms with E-state index < -0.39 is 0 Å². The molecule has 0 radical (unpaired) electrons. The summed E-state index contributed by atoms with van der Waals surface area (Å²) < 4.78 is 0. The Bertz CT molecular complexity index is 383. The van der Waals surface area contributed by atoms with Crippen LogP contribution in [-0.4, -0.2) is 38.0 Å². The van der Waals surface area contributed by atoms with Gasteiger partial charge in [0.1, 0.15) is 6.04 Å². The number of hydrogen-bond acceptors (Lipinski definition) is 3. The fourth-order valence-electron chi connectivity index (χ4n) is 2.10. The van der Waals surface area contributed by atoms with Crippen LogP contribution < -0.4 is 10.6 Å². The Labute approximate surface area is 109 Å². The molecule has 0 aliphatic heterocycles. The van der Waals surface area contributed by atoms with Gasteiger partial charge in [0.05, 0.1) is 0 Å². The molecule has 2 N–H and O–H groups in total. The maximum atomic E-state index is 11.6. The lowest BCUT2D eigenvalue weighted by molar-refractivity contribution is -0.123. The third-order valence-corrected chi connectivity index (χ3v) is 3.17. The van der Waals surface area contributed by atoms with Gasteiger partial charge in [-0.25, -0.2) is 0 Å². The SMILES string of the molecule is CCN(CC)C(C(N)=O)c1ccc(N(C)C)cc1. The molecule has 4 heteroatoms. The number of amides is 1. The van der Waals surface area contributed by atoms with Gasteiger partial charge in [-0.15, -0.1) is 0 Å². The minimum atomic E-state index is -0.337. The predicted molar refractivity (Wildman–Crippen MR) is 75.6 cm³/mol. The Hall–Kier alpha value is -1.55. The highest BCUT2D eigenvalue weighted by Gasteiger charge is 2.23. The second-order valence-electron chi connectivity index (χ2n) is 4.51. The summed E-state index contributed by atoms with van der Waals surface area (Å²) in [5, 5.41) is 0. The van der Waals surface area contributed by atoms with Gasteiger partial charge in [0.15, 0.2) is 0 Å². The summed E-state index contributed by atoms with van der Waals surface area (Å²) in [5.41, 5.74) is 7.60. The van der Waals surface area contributed by atoms with E-state index in [0.717, 1.165) is 24.3 Å². The van der Waals surface area contributed by atoms with E-state index in [1.807, 2.05) is 57.1 Å². The molecule has 1 unspecified atom stereocenters. The van der Waals surface area contributed by atoms with Gasteiger partial charge in [0.2, 0.25) is 5.91 Å². The van der Waals surface area contributed by atoms with Crippen molar-refractivity contribution in [3.05, 3.63) is 29.8 Å². The summed E-state index contributed by atoms with van der Waals surface area (Å²) in [6.07, 6.45) is 0. The van der Waals surface area contributed by atoms with Crippen molar-refractivity contribution in [2.75, 3.05) is 32.1 Å². The molecule has 0 spiro atoms. The van der Waals surface area contributed by atoms with Crippen LogP contribution in [0.1, 0.15) is 25.5 Å². The van der Waals surface area contributed by atoms with Crippen molar-refractivity contribution in [1.82, 2.24) is 4.90 Å². The van der Waals surface area contributed by atoms with Crippen LogP contribution in [0.3, 0.4) is 0 Å². The molecule has 0 fully saturated rings. The maximum Gasteiger partial charge on any atom is 0.239 e. The molecule has 1 atom stereocenters. The lowest BCUT2D eigenvalue weighted by Crippen LogP contribution is -2.37. The van der Waals surface area contributed by atoms with E-state index in [2.05, 4.69) is 4.90 Å². The van der Waals surface area contributed by atoms with E-state index >= 15 is 0 Å². The number of hydrogen-bond donors (Lipinski definition) is 1. The standard InChI is InChI=1S/C14H23N3O/c1-5-17(6-2)13(14(15)18)11-7-9-12(10-8-11)16(3)4/h7-10,13H,5-6H2,1-4H3,(H2,15,18). The van der Waals surface area contributed by atoms with Crippen molar-refractivity contribution in [2.45, 2.75) is 19.9 Å². The molecule has 1 amide bonds. The van der Waals surface area contributed by atoms with Gasteiger partial charge in [-0.2, -0.15) is 0 Å². The van der Waals surface area contributed by atoms with Crippen molar-refractivity contribution in [2.24, 2.45) is 5.73 Å². The molecular formula is C14H23N3O. The average Bonchev–Trinajstić information content (AvgIpc) is 2.35. The quantitative estimate of drug-likeness (QED) is 0.833. The molecule has 0 aliphatic rings. The zero-order valence-electron chi connectivity index (χ0n) is 11.7. The molecular weight excluding hydrogens is 226 g/mol. The number of anilines is 1. The molecule has 1 aromatic carbocycles. The Morgan fingerprint density at radius 3 is 2.00 bits per heavy atom. The summed E-state index contributed by atoms with van der Waals surface area (Å²) in [6.45, 7) is 5.68. The second-order valence-corrected chi connectivity index (χ2v) is 4.51. The van der Waals surface area contributed by atoms with Crippen molar-refractivity contribution in [3.8, 4) is 0 Å². The van der Waals surface area contributed by atoms with Crippen LogP contribution in [0.4, 0.5) is 5.69 Å². The van der Waals surface area contributed by atoms with Crippen LogP contribution in [-0.2, 0) is 4.79 Å². The van der Waals surface area contributed by atoms with Crippen molar-refractivity contribution in [3.63, 3.8) is 0 Å². The van der Waals surface area contributed by atoms with Crippen LogP contribution in [0.15, 0.2) is 24.3 Å². The number of carbonyl (C=O) groups is 1. The number of primary amides is 1. The Balaban J connectivity index is 3.03. The first-order valence-corrected chi connectivity index (χ1v) is 6.31. The fourth-order valence-corrected chi connectivity index (χ4v) is 2.10. The monoisotopic (exact) mass is 249 g/mol. The molecule has 0 saturated heterocycles. The Morgan fingerprint density at radius 1 is 1.17 bits per heavy atom. The van der Waals surface area contributed by atoms with E-state index in [1.165, 1.54) is 0 Å². The van der Waals surface area contributed by atoms with Gasteiger partial charge in [-0.1, -0.05) is 26.0 Å². The average molecular weight is 249 g/mol. The lowest BCUT2D eigenvalue weighted by atomic mass is 10.0. The molecule has 0 aliphatic carbocycles. The minimum absolute atomic E-state index is 0.295. The van der Waals surface area contributed by atoms with Gasteiger partial charge < -0.3 is 10.6 Å². The molecule has 0 saturated carbocycles. The molecule has 4 nitrogen and oxygen atoms in total. The number of carbonyl (C=O) groups excluding carboxylic acids is 1. The first-order chi connectivity index (χ1) is 8.51. The number of nitrogens with zero attached hydrogens (tertiary/aromatic N) is 2. The largest absolute Gasteiger partial charge is 0.378 e. The molecule has 100 valence electrons. The van der Waals surface area contributed by atoms with Gasteiger partial charge in [0.25, 0.3) is 0 Å². The van der Waals surface area contributed by atoms with E-state index in [-0.39, 0.29) is 11.9 Å². The third-order valence-electron chi connectivity index (χ3n) is 3.17. The molecule has 18 heavy (non-hydrogen) atoms. The third kappa shape index (κ3) is 3.23. The molecule has 0 aromatic heterocycles. The predicted octanol–water partition coefficient (Wildman–Crippen LogP) is 1.62. The summed E-state index contributed by atoms with van der Waals surface area (Å²) >= 11 is 0. The van der Waals surface area contributed by atoms with Crippen LogP contribution >= 0.6 is 0 Å². The molecule has 0 heterocycles. The minimum Gasteiger partial charge on any atom is -0.378 e. The van der Waals surface area contributed by atoms with E-state index in [1.54, 1.807) is 0 Å². The zero-order valence-corrected chi connectivity index (χ0v) is 11.7. The fraction of sp³-hybridized carbons (Fsp3) is 0.500. The van der Waals surface area contributed by atoms with Crippen molar-refractivity contribution < 1.29 is 4.79 Å². The van der Waals surface area contributed by atoms with E-state index in [9.17, 15) is 4.79 Å². The first-order valence-electron chi connectivity index (χ1n) is 6.31. The highest BCUT2D eigenvalue weighted by molar-refractivity contribution is 5.81. The van der Waals surface area contributed by atoms with Crippen molar-refractivity contribution >= 4 is 11.6 Å². The van der Waals surface area contributed by atoms with E-state index in [4.69, 9.17) is 5.73 Å². The summed E-state index contributed by atoms with van der Waals surface area (Å²) in [5.74, 6) is -0.295. The Morgan fingerprint density at radius 2 is 1.67 bits per heavy atom. The second kappa shape index (κ2) is 6.40. The van der Waals surface area contributed by atoms with Crippen LogP contribution in [0, 0.1) is 0 Å². The summed E-state index contributed by atoms with van der Waals surface area (Å²) in [7, 11) is 3.98. The Kier molecular flexibility index (Phi) is 5.16. The number of nitrogens with two attached hydrogens (primary N) is 1. The van der Waals surface area contributed by atoms with Crippen LogP contribution in [0.2, 0.25) is 0 Å².